The van der Waals surface area contributed by atoms with Gasteiger partial charge in [-0.25, -0.2) is 8.42 Å². The van der Waals surface area contributed by atoms with Gasteiger partial charge in [-0.05, 0) is 43.3 Å². The zero-order valence-electron chi connectivity index (χ0n) is 17.6. The van der Waals surface area contributed by atoms with Gasteiger partial charge in [-0.2, -0.15) is 4.31 Å². The molecule has 0 aliphatic heterocycles. The number of hydrogen-bond donors (Lipinski definition) is 1. The fourth-order valence-electron chi connectivity index (χ4n) is 3.29. The number of benzene rings is 2. The number of pyridine rings is 1. The van der Waals surface area contributed by atoms with Gasteiger partial charge in [-0.1, -0.05) is 31.5 Å². The summed E-state index contributed by atoms with van der Waals surface area (Å²) in [6.07, 6.45) is 1.60. The highest BCUT2D eigenvalue weighted by Crippen LogP contribution is 2.31. The average Bonchev–Trinajstić information content (AvgIpc) is 2.74. The molecule has 1 aromatic heterocycles. The van der Waals surface area contributed by atoms with Gasteiger partial charge < -0.3 is 10.1 Å². The van der Waals surface area contributed by atoms with Crippen molar-refractivity contribution >= 4 is 44.1 Å². The third-order valence-corrected chi connectivity index (χ3v) is 7.03. The number of rotatable bonds is 8. The fraction of sp³-hybridized carbons (Fsp3) is 0.273. The van der Waals surface area contributed by atoms with Crippen molar-refractivity contribution < 1.29 is 17.9 Å². The Balaban J connectivity index is 2.02. The van der Waals surface area contributed by atoms with Crippen LogP contribution in [-0.4, -0.2) is 43.3 Å². The molecule has 3 rings (SSSR count). The summed E-state index contributed by atoms with van der Waals surface area (Å²) in [6.45, 7) is 6.27. The summed E-state index contributed by atoms with van der Waals surface area (Å²) < 4.78 is 33.1. The number of hydrogen-bond acceptors (Lipinski definition) is 5. The molecule has 1 heterocycles. The molecule has 0 bridgehead atoms. The maximum atomic E-state index is 13.1. The highest BCUT2D eigenvalue weighted by Gasteiger charge is 2.26. The van der Waals surface area contributed by atoms with Crippen molar-refractivity contribution in [1.82, 2.24) is 9.29 Å². The second kappa shape index (κ2) is 9.64. The molecule has 0 aliphatic rings. The number of sulfonamides is 1. The number of carbonyl (C=O) groups excluding carboxylic acids is 1. The number of amides is 1. The van der Waals surface area contributed by atoms with Crippen LogP contribution < -0.4 is 10.1 Å². The largest absolute Gasteiger partial charge is 0.492 e. The van der Waals surface area contributed by atoms with Crippen LogP contribution in [0.2, 0.25) is 5.02 Å². The fourth-order valence-corrected chi connectivity index (χ4v) is 5.13. The molecule has 1 amide bonds. The van der Waals surface area contributed by atoms with Crippen LogP contribution in [0.1, 0.15) is 31.1 Å². The van der Waals surface area contributed by atoms with Gasteiger partial charge in [0.25, 0.3) is 5.91 Å². The summed E-state index contributed by atoms with van der Waals surface area (Å²) in [5.74, 6) is -0.205. The van der Waals surface area contributed by atoms with Crippen molar-refractivity contribution in [3.63, 3.8) is 0 Å². The second-order valence-corrected chi connectivity index (χ2v) is 9.01. The first-order valence-corrected chi connectivity index (χ1v) is 11.8. The van der Waals surface area contributed by atoms with Gasteiger partial charge in [0, 0.05) is 35.4 Å². The molecule has 0 unspecified atom stereocenters. The van der Waals surface area contributed by atoms with E-state index in [0.717, 1.165) is 5.39 Å². The number of nitrogens with zero attached hydrogens (tertiary/aromatic N) is 2. The molecule has 0 radical (unpaired) electrons. The molecule has 164 valence electrons. The smallest absolute Gasteiger partial charge is 0.257 e. The summed E-state index contributed by atoms with van der Waals surface area (Å²) in [5, 5.41) is 3.90. The van der Waals surface area contributed by atoms with E-state index in [4.69, 9.17) is 16.3 Å². The van der Waals surface area contributed by atoms with E-state index in [-0.39, 0.29) is 10.6 Å². The quantitative estimate of drug-likeness (QED) is 0.530. The molecule has 3 aromatic rings. The Labute approximate surface area is 187 Å². The third-order valence-electron chi connectivity index (χ3n) is 4.74. The van der Waals surface area contributed by atoms with Crippen LogP contribution in [0.15, 0.2) is 53.6 Å². The third kappa shape index (κ3) is 4.81. The Morgan fingerprint density at radius 3 is 2.55 bits per heavy atom. The number of ether oxygens (including phenoxy) is 1. The van der Waals surface area contributed by atoms with Crippen molar-refractivity contribution in [2.45, 2.75) is 25.7 Å². The Morgan fingerprint density at radius 2 is 1.87 bits per heavy atom. The van der Waals surface area contributed by atoms with E-state index in [1.54, 1.807) is 51.2 Å². The van der Waals surface area contributed by atoms with Crippen molar-refractivity contribution in [2.24, 2.45) is 0 Å². The molecule has 0 spiro atoms. The first kappa shape index (κ1) is 23.0. The lowest BCUT2D eigenvalue weighted by molar-refractivity contribution is 0.102. The van der Waals surface area contributed by atoms with Crippen LogP contribution in [0.4, 0.5) is 5.69 Å². The van der Waals surface area contributed by atoms with E-state index >= 15 is 0 Å². The van der Waals surface area contributed by atoms with Gasteiger partial charge in [0.2, 0.25) is 10.0 Å². The van der Waals surface area contributed by atoms with Gasteiger partial charge in [-0.3, -0.25) is 9.78 Å². The van der Waals surface area contributed by atoms with E-state index in [2.05, 4.69) is 10.3 Å². The predicted octanol–water partition coefficient (Wildman–Crippen LogP) is 4.57. The van der Waals surface area contributed by atoms with Gasteiger partial charge >= 0.3 is 0 Å². The van der Waals surface area contributed by atoms with Gasteiger partial charge in [0.05, 0.1) is 17.7 Å². The molecule has 7 nitrogen and oxygen atoms in total. The van der Waals surface area contributed by atoms with Crippen molar-refractivity contribution in [1.29, 1.82) is 0 Å². The van der Waals surface area contributed by atoms with E-state index in [1.165, 1.54) is 16.4 Å². The lowest BCUT2D eigenvalue weighted by atomic mass is 10.1. The number of fused-ring (bicyclic) bond motifs is 1. The standard InChI is InChI=1S/C22H24ClN3O4S/c1-4-26(5-2)31(28,29)20-14-17(9-10-19(20)30-6-3)25-22(27)18-13-16(23)12-15-8-7-11-24-21(15)18/h7-14H,4-6H2,1-3H3,(H,25,27). The van der Waals surface area contributed by atoms with Crippen LogP contribution in [0.5, 0.6) is 5.75 Å². The monoisotopic (exact) mass is 461 g/mol. The topological polar surface area (TPSA) is 88.6 Å². The molecular formula is C22H24ClN3O4S. The molecule has 0 aliphatic carbocycles. The first-order valence-electron chi connectivity index (χ1n) is 9.94. The van der Waals surface area contributed by atoms with E-state index < -0.39 is 15.9 Å². The van der Waals surface area contributed by atoms with E-state index in [9.17, 15) is 13.2 Å². The Kier molecular flexibility index (Phi) is 7.15. The number of carbonyl (C=O) groups is 1. The Bertz CT molecular complexity index is 1210. The normalized spacial score (nSPS) is 11.6. The predicted molar refractivity (Wildman–Crippen MR) is 122 cm³/mol. The minimum Gasteiger partial charge on any atom is -0.492 e. The lowest BCUT2D eigenvalue weighted by Crippen LogP contribution is -2.31. The van der Waals surface area contributed by atoms with Crippen molar-refractivity contribution in [3.05, 3.63) is 59.2 Å². The summed E-state index contributed by atoms with van der Waals surface area (Å²) >= 11 is 6.17. The van der Waals surface area contributed by atoms with E-state index in [0.29, 0.717) is 41.5 Å². The maximum absolute atomic E-state index is 13.1. The second-order valence-electron chi connectivity index (χ2n) is 6.67. The van der Waals surface area contributed by atoms with Crippen LogP contribution in [-0.2, 0) is 10.0 Å². The summed E-state index contributed by atoms with van der Waals surface area (Å²) in [5.41, 5.74) is 1.12. The highest BCUT2D eigenvalue weighted by molar-refractivity contribution is 7.89. The molecule has 0 fully saturated rings. The van der Waals surface area contributed by atoms with Gasteiger partial charge in [-0.15, -0.1) is 0 Å². The number of nitrogens with one attached hydrogen (secondary N) is 1. The molecule has 0 saturated carbocycles. The van der Waals surface area contributed by atoms with Crippen LogP contribution in [0.25, 0.3) is 10.9 Å². The van der Waals surface area contributed by atoms with Gasteiger partial charge in [0.1, 0.15) is 10.6 Å². The SMILES string of the molecule is CCOc1ccc(NC(=O)c2cc(Cl)cc3cccnc23)cc1S(=O)(=O)N(CC)CC. The van der Waals surface area contributed by atoms with Crippen LogP contribution >= 0.6 is 11.6 Å². The molecular weight excluding hydrogens is 438 g/mol. The molecule has 0 atom stereocenters. The van der Waals surface area contributed by atoms with Crippen molar-refractivity contribution in [2.75, 3.05) is 25.0 Å². The molecule has 0 saturated heterocycles. The minimum atomic E-state index is -3.79. The Hall–Kier alpha value is -2.68. The van der Waals surface area contributed by atoms with Crippen LogP contribution in [0, 0.1) is 0 Å². The molecule has 9 heteroatoms. The molecule has 31 heavy (non-hydrogen) atoms. The minimum absolute atomic E-state index is 0.00456. The summed E-state index contributed by atoms with van der Waals surface area (Å²) in [4.78, 5) is 17.3. The number of aromatic nitrogens is 1. The van der Waals surface area contributed by atoms with E-state index in [1.807, 2.05) is 6.07 Å². The highest BCUT2D eigenvalue weighted by atomic mass is 35.5. The summed E-state index contributed by atoms with van der Waals surface area (Å²) in [7, 11) is -3.79. The number of anilines is 1. The molecule has 2 aromatic carbocycles. The van der Waals surface area contributed by atoms with Crippen LogP contribution in [0.3, 0.4) is 0 Å². The summed E-state index contributed by atoms with van der Waals surface area (Å²) in [6, 6.07) is 11.4. The zero-order chi connectivity index (χ0) is 22.6. The van der Waals surface area contributed by atoms with Crippen molar-refractivity contribution in [3.8, 4) is 5.75 Å². The first-order chi connectivity index (χ1) is 14.8. The Morgan fingerprint density at radius 1 is 1.13 bits per heavy atom. The maximum Gasteiger partial charge on any atom is 0.257 e. The zero-order valence-corrected chi connectivity index (χ0v) is 19.1. The number of halogens is 1. The molecule has 1 N–H and O–H groups in total. The lowest BCUT2D eigenvalue weighted by Gasteiger charge is -2.21. The average molecular weight is 462 g/mol. The van der Waals surface area contributed by atoms with Gasteiger partial charge in [0.15, 0.2) is 0 Å².